The number of hydrogen-bond acceptors (Lipinski definition) is 4. The lowest BCUT2D eigenvalue weighted by molar-refractivity contribution is -0.0398. The average molecular weight is 293 g/mol. The Hall–Kier alpha value is -1.66. The lowest BCUT2D eigenvalue weighted by atomic mass is 10.1. The number of hydrogen-bond donors (Lipinski definition) is 2. The van der Waals surface area contributed by atoms with Gasteiger partial charge in [-0.2, -0.15) is 0 Å². The highest BCUT2D eigenvalue weighted by Gasteiger charge is 2.21. The number of nitrogens with two attached hydrogens (primary N) is 1. The lowest BCUT2D eigenvalue weighted by Crippen LogP contribution is -2.37. The van der Waals surface area contributed by atoms with Crippen molar-refractivity contribution in [2.24, 2.45) is 17.6 Å². The highest BCUT2D eigenvalue weighted by atomic mass is 16.5. The molecule has 0 bridgehead atoms. The van der Waals surface area contributed by atoms with Crippen LogP contribution in [0.3, 0.4) is 0 Å². The molecule has 116 valence electrons. The molecule has 0 aliphatic carbocycles. The van der Waals surface area contributed by atoms with Crippen LogP contribution in [0.2, 0.25) is 0 Å². The molecule has 6 nitrogen and oxygen atoms in total. The Kier molecular flexibility index (Phi) is 5.14. The third-order valence-corrected chi connectivity index (χ3v) is 3.45. The van der Waals surface area contributed by atoms with E-state index in [9.17, 15) is 9.59 Å². The quantitative estimate of drug-likeness (QED) is 0.759. The molecule has 21 heavy (non-hydrogen) atoms. The lowest BCUT2D eigenvalue weighted by Gasteiger charge is -2.26. The first-order valence-electron chi connectivity index (χ1n) is 7.29. The molecule has 1 amide bonds. The van der Waals surface area contributed by atoms with Gasteiger partial charge in [-0.1, -0.05) is 13.8 Å². The van der Waals surface area contributed by atoms with Crippen molar-refractivity contribution in [3.05, 3.63) is 33.7 Å². The summed E-state index contributed by atoms with van der Waals surface area (Å²) in [5, 5.41) is 3.30. The van der Waals surface area contributed by atoms with E-state index >= 15 is 0 Å². The van der Waals surface area contributed by atoms with E-state index in [2.05, 4.69) is 19.2 Å². The SMILES string of the molecule is CC(C)CNCc1cc(C(N)=O)c(=O)n(CC2COC2)c1. The number of ether oxygens (including phenoxy) is 1. The van der Waals surface area contributed by atoms with Crippen molar-refractivity contribution in [3.8, 4) is 0 Å². The number of carbonyl (C=O) groups excluding carboxylic acids is 1. The maximum Gasteiger partial charge on any atom is 0.263 e. The number of aromatic nitrogens is 1. The molecule has 1 aliphatic heterocycles. The molecule has 1 saturated heterocycles. The molecule has 0 spiro atoms. The van der Waals surface area contributed by atoms with Gasteiger partial charge in [0.05, 0.1) is 13.2 Å². The summed E-state index contributed by atoms with van der Waals surface area (Å²) in [6, 6.07) is 1.59. The summed E-state index contributed by atoms with van der Waals surface area (Å²) >= 11 is 0. The Labute approximate surface area is 124 Å². The summed E-state index contributed by atoms with van der Waals surface area (Å²) < 4.78 is 6.71. The minimum absolute atomic E-state index is 0.0547. The van der Waals surface area contributed by atoms with Crippen molar-refractivity contribution < 1.29 is 9.53 Å². The van der Waals surface area contributed by atoms with Crippen molar-refractivity contribution in [2.45, 2.75) is 26.9 Å². The van der Waals surface area contributed by atoms with Gasteiger partial charge in [0.25, 0.3) is 11.5 Å². The van der Waals surface area contributed by atoms with Gasteiger partial charge in [-0.15, -0.1) is 0 Å². The van der Waals surface area contributed by atoms with E-state index < -0.39 is 5.91 Å². The number of rotatable bonds is 7. The fourth-order valence-corrected chi connectivity index (χ4v) is 2.28. The van der Waals surface area contributed by atoms with Crippen LogP contribution < -0.4 is 16.6 Å². The largest absolute Gasteiger partial charge is 0.381 e. The standard InChI is InChI=1S/C15H23N3O3/c1-10(2)4-17-5-11-3-13(14(16)19)15(20)18(6-11)7-12-8-21-9-12/h3,6,10,12,17H,4-5,7-9H2,1-2H3,(H2,16,19). The number of carbonyl (C=O) groups is 1. The van der Waals surface area contributed by atoms with Crippen LogP contribution in [0.15, 0.2) is 17.1 Å². The summed E-state index contributed by atoms with van der Waals surface area (Å²) in [5.41, 5.74) is 5.94. The van der Waals surface area contributed by atoms with E-state index in [-0.39, 0.29) is 11.1 Å². The topological polar surface area (TPSA) is 86.4 Å². The maximum absolute atomic E-state index is 12.2. The summed E-state index contributed by atoms with van der Waals surface area (Å²) in [6.07, 6.45) is 1.81. The first-order valence-corrected chi connectivity index (χ1v) is 7.29. The third kappa shape index (κ3) is 4.15. The van der Waals surface area contributed by atoms with Crippen molar-refractivity contribution >= 4 is 5.91 Å². The average Bonchev–Trinajstić information content (AvgIpc) is 2.35. The minimum atomic E-state index is -0.677. The summed E-state index contributed by atoms with van der Waals surface area (Å²) in [4.78, 5) is 23.7. The number of nitrogens with zero attached hydrogens (tertiary/aromatic N) is 1. The summed E-state index contributed by atoms with van der Waals surface area (Å²) in [7, 11) is 0. The molecule has 2 rings (SSSR count). The number of amides is 1. The Balaban J connectivity index is 2.19. The van der Waals surface area contributed by atoms with E-state index in [4.69, 9.17) is 10.5 Å². The van der Waals surface area contributed by atoms with Gasteiger partial charge in [0.15, 0.2) is 0 Å². The van der Waals surface area contributed by atoms with Crippen LogP contribution in [0.5, 0.6) is 0 Å². The molecule has 1 fully saturated rings. The van der Waals surface area contributed by atoms with Gasteiger partial charge in [-0.05, 0) is 24.1 Å². The Morgan fingerprint density at radius 1 is 1.52 bits per heavy atom. The van der Waals surface area contributed by atoms with E-state index in [1.54, 1.807) is 16.8 Å². The van der Waals surface area contributed by atoms with E-state index in [0.29, 0.717) is 38.1 Å². The van der Waals surface area contributed by atoms with E-state index in [1.165, 1.54) is 0 Å². The molecule has 0 radical (unpaired) electrons. The fourth-order valence-electron chi connectivity index (χ4n) is 2.28. The van der Waals surface area contributed by atoms with Gasteiger partial charge in [0.2, 0.25) is 0 Å². The molecule has 3 N–H and O–H groups in total. The molecule has 0 unspecified atom stereocenters. The van der Waals surface area contributed by atoms with Crippen LogP contribution in [0.4, 0.5) is 0 Å². The number of pyridine rings is 1. The molecule has 1 aliphatic rings. The second kappa shape index (κ2) is 6.87. The Bertz CT molecular complexity index is 562. The molecule has 2 heterocycles. The third-order valence-electron chi connectivity index (χ3n) is 3.45. The van der Waals surface area contributed by atoms with Crippen LogP contribution in [-0.2, 0) is 17.8 Å². The van der Waals surface area contributed by atoms with E-state index in [1.807, 2.05) is 0 Å². The zero-order valence-electron chi connectivity index (χ0n) is 12.6. The normalized spacial score (nSPS) is 15.2. The molecule has 0 saturated carbocycles. The first-order chi connectivity index (χ1) is 9.97. The van der Waals surface area contributed by atoms with Gasteiger partial charge in [0, 0.05) is 25.2 Å². The highest BCUT2D eigenvalue weighted by Crippen LogP contribution is 2.12. The van der Waals surface area contributed by atoms with Crippen molar-refractivity contribution in [1.29, 1.82) is 0 Å². The van der Waals surface area contributed by atoms with Crippen LogP contribution in [0, 0.1) is 11.8 Å². The van der Waals surface area contributed by atoms with Crippen LogP contribution >= 0.6 is 0 Å². The van der Waals surface area contributed by atoms with Gasteiger partial charge in [-0.25, -0.2) is 0 Å². The van der Waals surface area contributed by atoms with Gasteiger partial charge in [0.1, 0.15) is 5.56 Å². The highest BCUT2D eigenvalue weighted by molar-refractivity contribution is 5.92. The van der Waals surface area contributed by atoms with Crippen LogP contribution in [0.25, 0.3) is 0 Å². The molecule has 1 aromatic heterocycles. The summed E-state index contributed by atoms with van der Waals surface area (Å²) in [6.45, 7) is 7.62. The Morgan fingerprint density at radius 3 is 2.76 bits per heavy atom. The minimum Gasteiger partial charge on any atom is -0.381 e. The van der Waals surface area contributed by atoms with Crippen molar-refractivity contribution in [1.82, 2.24) is 9.88 Å². The number of nitrogens with one attached hydrogen (secondary N) is 1. The molecule has 6 heteroatoms. The first kappa shape index (κ1) is 15.7. The zero-order chi connectivity index (χ0) is 15.4. The van der Waals surface area contributed by atoms with Crippen LogP contribution in [-0.4, -0.2) is 30.2 Å². The maximum atomic E-state index is 12.2. The molecular weight excluding hydrogens is 270 g/mol. The predicted molar refractivity (Wildman–Crippen MR) is 80.1 cm³/mol. The second-order valence-corrected chi connectivity index (χ2v) is 6.01. The van der Waals surface area contributed by atoms with Gasteiger partial charge >= 0.3 is 0 Å². The molecule has 0 atom stereocenters. The summed E-state index contributed by atoms with van der Waals surface area (Å²) in [5.74, 6) is 0.199. The predicted octanol–water partition coefficient (Wildman–Crippen LogP) is 0.339. The Morgan fingerprint density at radius 2 is 2.24 bits per heavy atom. The van der Waals surface area contributed by atoms with Crippen LogP contribution in [0.1, 0.15) is 29.8 Å². The molecular formula is C15H23N3O3. The van der Waals surface area contributed by atoms with E-state index in [0.717, 1.165) is 12.1 Å². The zero-order valence-corrected chi connectivity index (χ0v) is 12.6. The molecule has 1 aromatic rings. The second-order valence-electron chi connectivity index (χ2n) is 6.01. The monoisotopic (exact) mass is 293 g/mol. The number of primary amides is 1. The van der Waals surface area contributed by atoms with Crippen molar-refractivity contribution in [3.63, 3.8) is 0 Å². The smallest absolute Gasteiger partial charge is 0.263 e. The van der Waals surface area contributed by atoms with Gasteiger partial charge < -0.3 is 20.4 Å². The molecule has 0 aromatic carbocycles. The van der Waals surface area contributed by atoms with Gasteiger partial charge in [-0.3, -0.25) is 9.59 Å². The fraction of sp³-hybridized carbons (Fsp3) is 0.600. The van der Waals surface area contributed by atoms with Crippen molar-refractivity contribution in [2.75, 3.05) is 19.8 Å².